The van der Waals surface area contributed by atoms with Crippen LogP contribution in [0.4, 0.5) is 0 Å². The molecule has 4 heteroatoms. The molecule has 0 amide bonds. The highest BCUT2D eigenvalue weighted by atomic mass is 35.5. The Labute approximate surface area is 169 Å². The third kappa shape index (κ3) is 5.05. The highest BCUT2D eigenvalue weighted by Crippen LogP contribution is 2.36. The molecule has 134 valence electrons. The number of hydrogen-bond donors (Lipinski definition) is 1. The number of benzene rings is 3. The predicted molar refractivity (Wildman–Crippen MR) is 116 cm³/mol. The molecule has 0 aliphatic carbocycles. The molecule has 0 heterocycles. The lowest BCUT2D eigenvalue weighted by Gasteiger charge is -2.17. The molecule has 0 aliphatic heterocycles. The van der Waals surface area contributed by atoms with Crippen molar-refractivity contribution in [2.75, 3.05) is 6.54 Å². The van der Waals surface area contributed by atoms with Crippen molar-refractivity contribution >= 4 is 35.0 Å². The molecular formula is C22H21Cl2NS. The minimum Gasteiger partial charge on any atom is -0.330 e. The topological polar surface area (TPSA) is 26.0 Å². The van der Waals surface area contributed by atoms with Crippen LogP contribution >= 0.6 is 35.0 Å². The predicted octanol–water partition coefficient (Wildman–Crippen LogP) is 6.98. The van der Waals surface area contributed by atoms with E-state index in [9.17, 15) is 0 Å². The van der Waals surface area contributed by atoms with Crippen LogP contribution in [0.3, 0.4) is 0 Å². The zero-order valence-corrected chi connectivity index (χ0v) is 16.7. The molecule has 1 unspecified atom stereocenters. The normalized spacial score (nSPS) is 12.1. The van der Waals surface area contributed by atoms with Gasteiger partial charge in [-0.2, -0.15) is 0 Å². The molecule has 0 aliphatic rings. The molecular weight excluding hydrogens is 381 g/mol. The van der Waals surface area contributed by atoms with E-state index >= 15 is 0 Å². The lowest BCUT2D eigenvalue weighted by atomic mass is 10.0. The molecule has 3 aromatic rings. The summed E-state index contributed by atoms with van der Waals surface area (Å²) in [4.78, 5) is 0. The third-order valence-corrected chi connectivity index (χ3v) is 6.25. The second-order valence-electron chi connectivity index (χ2n) is 6.10. The summed E-state index contributed by atoms with van der Waals surface area (Å²) < 4.78 is 0. The number of rotatable bonds is 7. The number of hydrogen-bond acceptors (Lipinski definition) is 2. The van der Waals surface area contributed by atoms with E-state index in [0.29, 0.717) is 16.8 Å². The first-order chi connectivity index (χ1) is 12.7. The van der Waals surface area contributed by atoms with Crippen LogP contribution in [-0.2, 0) is 5.75 Å². The summed E-state index contributed by atoms with van der Waals surface area (Å²) in [6.45, 7) is 0.659. The van der Waals surface area contributed by atoms with Crippen molar-refractivity contribution in [1.82, 2.24) is 0 Å². The molecule has 0 radical (unpaired) electrons. The van der Waals surface area contributed by atoms with Crippen LogP contribution < -0.4 is 5.73 Å². The van der Waals surface area contributed by atoms with Gasteiger partial charge >= 0.3 is 0 Å². The average molecular weight is 402 g/mol. The van der Waals surface area contributed by atoms with Gasteiger partial charge in [-0.1, -0.05) is 83.9 Å². The highest BCUT2D eigenvalue weighted by Gasteiger charge is 2.13. The Balaban J connectivity index is 1.73. The van der Waals surface area contributed by atoms with E-state index in [-0.39, 0.29) is 0 Å². The molecule has 3 rings (SSSR count). The van der Waals surface area contributed by atoms with Gasteiger partial charge in [-0.25, -0.2) is 0 Å². The fourth-order valence-electron chi connectivity index (χ4n) is 2.85. The van der Waals surface area contributed by atoms with Crippen molar-refractivity contribution in [2.45, 2.75) is 17.4 Å². The van der Waals surface area contributed by atoms with Gasteiger partial charge in [-0.3, -0.25) is 0 Å². The molecule has 0 saturated carbocycles. The summed E-state index contributed by atoms with van der Waals surface area (Å²) in [5, 5.41) is 1.73. The second-order valence-corrected chi connectivity index (χ2v) is 8.14. The van der Waals surface area contributed by atoms with Gasteiger partial charge in [0.15, 0.2) is 0 Å². The second kappa shape index (κ2) is 9.48. The van der Waals surface area contributed by atoms with E-state index in [1.807, 2.05) is 30.0 Å². The van der Waals surface area contributed by atoms with E-state index < -0.39 is 0 Å². The standard InChI is InChI=1S/C22H21Cl2NS/c23-20-11-10-19(21(24)14-20)15-26-22(12-13-25)18-8-6-17(7-9-18)16-4-2-1-3-5-16/h1-11,14,22H,12-13,15,25H2. The Morgan fingerprint density at radius 2 is 1.54 bits per heavy atom. The van der Waals surface area contributed by atoms with Crippen LogP contribution in [0.15, 0.2) is 72.8 Å². The van der Waals surface area contributed by atoms with Crippen molar-refractivity contribution in [3.05, 3.63) is 94.0 Å². The van der Waals surface area contributed by atoms with Gasteiger partial charge in [0.2, 0.25) is 0 Å². The average Bonchev–Trinajstić information content (AvgIpc) is 2.67. The van der Waals surface area contributed by atoms with Crippen LogP contribution in [-0.4, -0.2) is 6.54 Å². The Morgan fingerprint density at radius 3 is 2.19 bits per heavy atom. The van der Waals surface area contributed by atoms with E-state index in [0.717, 1.165) is 22.8 Å². The Hall–Kier alpha value is -1.45. The van der Waals surface area contributed by atoms with Gasteiger partial charge in [0.1, 0.15) is 0 Å². The van der Waals surface area contributed by atoms with E-state index in [4.69, 9.17) is 28.9 Å². The lowest BCUT2D eigenvalue weighted by molar-refractivity contribution is 0.814. The van der Waals surface area contributed by atoms with Gasteiger partial charge in [-0.05, 0) is 47.4 Å². The van der Waals surface area contributed by atoms with Crippen molar-refractivity contribution in [2.24, 2.45) is 5.73 Å². The van der Waals surface area contributed by atoms with Gasteiger partial charge in [0.25, 0.3) is 0 Å². The molecule has 2 N–H and O–H groups in total. The summed E-state index contributed by atoms with van der Waals surface area (Å²) in [6, 6.07) is 24.9. The van der Waals surface area contributed by atoms with Crippen LogP contribution in [0, 0.1) is 0 Å². The van der Waals surface area contributed by atoms with Crippen molar-refractivity contribution in [3.63, 3.8) is 0 Å². The number of thioether (sulfide) groups is 1. The maximum Gasteiger partial charge on any atom is 0.0461 e. The van der Waals surface area contributed by atoms with E-state index in [1.165, 1.54) is 16.7 Å². The summed E-state index contributed by atoms with van der Waals surface area (Å²) in [6.07, 6.45) is 0.931. The van der Waals surface area contributed by atoms with Crippen LogP contribution in [0.1, 0.15) is 22.8 Å². The zero-order valence-electron chi connectivity index (χ0n) is 14.4. The first-order valence-corrected chi connectivity index (χ1v) is 10.4. The molecule has 0 aromatic heterocycles. The van der Waals surface area contributed by atoms with E-state index in [1.54, 1.807) is 6.07 Å². The highest BCUT2D eigenvalue weighted by molar-refractivity contribution is 7.98. The van der Waals surface area contributed by atoms with Crippen molar-refractivity contribution in [3.8, 4) is 11.1 Å². The Kier molecular flexibility index (Phi) is 7.04. The molecule has 0 saturated heterocycles. The van der Waals surface area contributed by atoms with Gasteiger partial charge in [-0.15, -0.1) is 11.8 Å². The van der Waals surface area contributed by atoms with Crippen LogP contribution in [0.25, 0.3) is 11.1 Å². The summed E-state index contributed by atoms with van der Waals surface area (Å²) in [5.41, 5.74) is 10.7. The Morgan fingerprint density at radius 1 is 0.846 bits per heavy atom. The fourth-order valence-corrected chi connectivity index (χ4v) is 4.69. The van der Waals surface area contributed by atoms with Crippen LogP contribution in [0.5, 0.6) is 0 Å². The van der Waals surface area contributed by atoms with Crippen molar-refractivity contribution in [1.29, 1.82) is 0 Å². The minimum absolute atomic E-state index is 0.344. The summed E-state index contributed by atoms with van der Waals surface area (Å²) in [5.74, 6) is 0.834. The zero-order chi connectivity index (χ0) is 18.4. The van der Waals surface area contributed by atoms with E-state index in [2.05, 4.69) is 48.5 Å². The summed E-state index contributed by atoms with van der Waals surface area (Å²) >= 11 is 14.2. The molecule has 1 atom stereocenters. The SMILES string of the molecule is NCCC(SCc1ccc(Cl)cc1Cl)c1ccc(-c2ccccc2)cc1. The molecule has 0 bridgehead atoms. The van der Waals surface area contributed by atoms with Gasteiger partial charge in [0, 0.05) is 21.0 Å². The summed E-state index contributed by atoms with van der Waals surface area (Å²) in [7, 11) is 0. The molecule has 0 fully saturated rings. The van der Waals surface area contributed by atoms with Gasteiger partial charge in [0.05, 0.1) is 0 Å². The molecule has 3 aromatic carbocycles. The minimum atomic E-state index is 0.344. The monoisotopic (exact) mass is 401 g/mol. The molecule has 1 nitrogen and oxygen atoms in total. The fraction of sp³-hybridized carbons (Fsp3) is 0.182. The first-order valence-electron chi connectivity index (χ1n) is 8.58. The van der Waals surface area contributed by atoms with Gasteiger partial charge < -0.3 is 5.73 Å². The first kappa shape index (κ1) is 19.3. The maximum absolute atomic E-state index is 6.30. The molecule has 26 heavy (non-hydrogen) atoms. The van der Waals surface area contributed by atoms with Crippen molar-refractivity contribution < 1.29 is 0 Å². The quantitative estimate of drug-likeness (QED) is 0.461. The number of nitrogens with two attached hydrogens (primary N) is 1. The lowest BCUT2D eigenvalue weighted by Crippen LogP contribution is -2.05. The van der Waals surface area contributed by atoms with Crippen LogP contribution in [0.2, 0.25) is 10.0 Å². The smallest absolute Gasteiger partial charge is 0.0461 e. The third-order valence-electron chi connectivity index (χ3n) is 4.27. The molecule has 0 spiro atoms. The Bertz CT molecular complexity index is 835. The maximum atomic E-state index is 6.30. The largest absolute Gasteiger partial charge is 0.330 e. The number of halogens is 2.